The number of aromatic nitrogens is 2. The monoisotopic (exact) mass is 405 g/mol. The van der Waals surface area contributed by atoms with Crippen molar-refractivity contribution >= 4 is 32.3 Å². The molecule has 0 unspecified atom stereocenters. The van der Waals surface area contributed by atoms with Gasteiger partial charge in [0, 0.05) is 17.3 Å². The summed E-state index contributed by atoms with van der Waals surface area (Å²) in [7, 11) is -3.27. The van der Waals surface area contributed by atoms with Gasteiger partial charge in [-0.2, -0.15) is 5.10 Å². The minimum atomic E-state index is -3.27. The largest absolute Gasteiger partial charge is 0.303 e. The molecule has 4 rings (SSSR count). The molecular formula is C22H19N3O3S. The predicted octanol–water partition coefficient (Wildman–Crippen LogP) is 3.81. The molecule has 0 fully saturated rings. The Bertz CT molecular complexity index is 1260. The third kappa shape index (κ3) is 3.90. The second kappa shape index (κ2) is 7.52. The van der Waals surface area contributed by atoms with E-state index in [0.29, 0.717) is 5.69 Å². The third-order valence-corrected chi connectivity index (χ3v) is 5.81. The van der Waals surface area contributed by atoms with Crippen LogP contribution in [0.15, 0.2) is 83.8 Å². The molecule has 7 heteroatoms. The number of hydrogen-bond acceptors (Lipinski definition) is 4. The van der Waals surface area contributed by atoms with Crippen LogP contribution >= 0.6 is 0 Å². The Labute approximate surface area is 168 Å². The van der Waals surface area contributed by atoms with E-state index in [1.807, 2.05) is 54.6 Å². The van der Waals surface area contributed by atoms with Gasteiger partial charge in [-0.05, 0) is 35.9 Å². The van der Waals surface area contributed by atoms with Gasteiger partial charge >= 0.3 is 0 Å². The zero-order valence-corrected chi connectivity index (χ0v) is 16.6. The Morgan fingerprint density at radius 1 is 0.931 bits per heavy atom. The van der Waals surface area contributed by atoms with Crippen LogP contribution in [0.2, 0.25) is 0 Å². The van der Waals surface area contributed by atoms with Crippen molar-refractivity contribution in [2.24, 2.45) is 0 Å². The number of anilines is 1. The summed E-state index contributed by atoms with van der Waals surface area (Å²) in [6.07, 6.45) is 1.17. The van der Waals surface area contributed by atoms with Crippen molar-refractivity contribution in [2.75, 3.05) is 11.2 Å². The normalized spacial score (nSPS) is 11.5. The lowest BCUT2D eigenvalue weighted by Crippen LogP contribution is -2.30. The summed E-state index contributed by atoms with van der Waals surface area (Å²) in [6.45, 7) is 0.286. The van der Waals surface area contributed by atoms with E-state index in [0.717, 1.165) is 22.2 Å². The molecule has 0 saturated heterocycles. The molecule has 1 heterocycles. The molecule has 29 heavy (non-hydrogen) atoms. The maximum absolute atomic E-state index is 13.4. The van der Waals surface area contributed by atoms with Gasteiger partial charge in [0.05, 0.1) is 17.0 Å². The number of fused-ring (bicyclic) bond motifs is 1. The van der Waals surface area contributed by atoms with Gasteiger partial charge in [0.25, 0.3) is 5.91 Å². The molecule has 6 nitrogen and oxygen atoms in total. The van der Waals surface area contributed by atoms with Crippen molar-refractivity contribution in [3.05, 3.63) is 90.1 Å². The van der Waals surface area contributed by atoms with Crippen LogP contribution in [0.5, 0.6) is 0 Å². The first-order valence-electron chi connectivity index (χ1n) is 9.02. The predicted molar refractivity (Wildman–Crippen MR) is 113 cm³/mol. The highest BCUT2D eigenvalue weighted by atomic mass is 32.2. The first-order valence-corrected chi connectivity index (χ1v) is 10.9. The summed E-state index contributed by atoms with van der Waals surface area (Å²) in [5.41, 5.74) is 2.68. The van der Waals surface area contributed by atoms with Crippen LogP contribution < -0.4 is 4.90 Å². The molecule has 1 N–H and O–H groups in total. The van der Waals surface area contributed by atoms with Gasteiger partial charge in [-0.25, -0.2) is 8.42 Å². The van der Waals surface area contributed by atoms with Gasteiger partial charge in [-0.1, -0.05) is 48.5 Å². The van der Waals surface area contributed by atoms with Gasteiger partial charge in [-0.15, -0.1) is 0 Å². The molecule has 4 aromatic rings. The third-order valence-electron chi connectivity index (χ3n) is 4.68. The summed E-state index contributed by atoms with van der Waals surface area (Å²) in [5, 5.41) is 7.89. The van der Waals surface area contributed by atoms with Crippen molar-refractivity contribution in [2.45, 2.75) is 11.4 Å². The quantitative estimate of drug-likeness (QED) is 0.547. The molecule has 1 aromatic heterocycles. The Hall–Kier alpha value is -3.45. The van der Waals surface area contributed by atoms with Crippen LogP contribution in [0, 0.1) is 0 Å². The number of carbonyl (C=O) groups is 1. The van der Waals surface area contributed by atoms with Crippen LogP contribution in [0.25, 0.3) is 10.9 Å². The smallest absolute Gasteiger partial charge is 0.279 e. The Morgan fingerprint density at radius 2 is 1.59 bits per heavy atom. The van der Waals surface area contributed by atoms with Crippen LogP contribution in [-0.2, 0) is 16.4 Å². The molecule has 0 spiro atoms. The first-order chi connectivity index (χ1) is 13.9. The van der Waals surface area contributed by atoms with E-state index in [4.69, 9.17) is 0 Å². The Morgan fingerprint density at radius 3 is 2.28 bits per heavy atom. The average molecular weight is 405 g/mol. The molecule has 0 radical (unpaired) electrons. The number of para-hydroxylation sites is 2. The highest BCUT2D eigenvalue weighted by Gasteiger charge is 2.22. The van der Waals surface area contributed by atoms with E-state index < -0.39 is 9.84 Å². The molecule has 1 amide bonds. The molecular weight excluding hydrogens is 386 g/mol. The molecule has 0 aliphatic heterocycles. The van der Waals surface area contributed by atoms with E-state index in [-0.39, 0.29) is 17.3 Å². The minimum Gasteiger partial charge on any atom is -0.303 e. The molecule has 0 atom stereocenters. The summed E-state index contributed by atoms with van der Waals surface area (Å²) < 4.78 is 23.4. The van der Waals surface area contributed by atoms with Gasteiger partial charge in [0.2, 0.25) is 0 Å². The van der Waals surface area contributed by atoms with Crippen molar-refractivity contribution in [1.29, 1.82) is 0 Å². The van der Waals surface area contributed by atoms with Crippen LogP contribution in [0.1, 0.15) is 16.1 Å². The van der Waals surface area contributed by atoms with E-state index in [1.54, 1.807) is 29.2 Å². The fraction of sp³-hybridized carbons (Fsp3) is 0.0909. The molecule has 0 aliphatic rings. The number of amides is 1. The summed E-state index contributed by atoms with van der Waals surface area (Å²) >= 11 is 0. The number of carbonyl (C=O) groups excluding carboxylic acids is 1. The van der Waals surface area contributed by atoms with E-state index in [2.05, 4.69) is 10.2 Å². The number of rotatable bonds is 5. The minimum absolute atomic E-state index is 0.235. The fourth-order valence-electron chi connectivity index (χ4n) is 3.17. The van der Waals surface area contributed by atoms with Gasteiger partial charge < -0.3 is 4.90 Å². The van der Waals surface area contributed by atoms with Gasteiger partial charge in [0.1, 0.15) is 0 Å². The molecule has 0 aliphatic carbocycles. The molecule has 146 valence electrons. The number of H-pyrrole nitrogens is 1. The zero-order valence-electron chi connectivity index (χ0n) is 15.7. The van der Waals surface area contributed by atoms with E-state index >= 15 is 0 Å². The topological polar surface area (TPSA) is 83.1 Å². The summed E-state index contributed by atoms with van der Waals surface area (Å²) in [5.74, 6) is -0.235. The van der Waals surface area contributed by atoms with Gasteiger partial charge in [-0.3, -0.25) is 9.89 Å². The van der Waals surface area contributed by atoms with Crippen LogP contribution in [0.4, 0.5) is 5.69 Å². The molecule has 3 aromatic carbocycles. The standard InChI is InChI=1S/C22H19N3O3S/c1-29(27,28)18-13-11-16(12-14-18)15-25(17-7-3-2-4-8-17)22(26)21-19-9-5-6-10-20(19)23-24-21/h2-14H,15H2,1H3,(H,23,24). The SMILES string of the molecule is CS(=O)(=O)c1ccc(CN(C(=O)c2n[nH]c3ccccc23)c2ccccc2)cc1. The molecule has 0 saturated carbocycles. The number of sulfone groups is 1. The second-order valence-corrected chi connectivity index (χ2v) is 8.78. The highest BCUT2D eigenvalue weighted by molar-refractivity contribution is 7.90. The second-order valence-electron chi connectivity index (χ2n) is 6.76. The first kappa shape index (κ1) is 18.9. The number of nitrogens with one attached hydrogen (secondary N) is 1. The van der Waals surface area contributed by atoms with Gasteiger partial charge in [0.15, 0.2) is 15.5 Å². The lowest BCUT2D eigenvalue weighted by molar-refractivity contribution is 0.0982. The summed E-state index contributed by atoms with van der Waals surface area (Å²) in [4.78, 5) is 15.3. The van der Waals surface area contributed by atoms with Crippen LogP contribution in [0.3, 0.4) is 0 Å². The molecule has 0 bridgehead atoms. The lowest BCUT2D eigenvalue weighted by Gasteiger charge is -2.22. The van der Waals surface area contributed by atoms with Crippen LogP contribution in [-0.4, -0.2) is 30.8 Å². The number of nitrogens with zero attached hydrogens (tertiary/aromatic N) is 2. The lowest BCUT2D eigenvalue weighted by atomic mass is 10.1. The highest BCUT2D eigenvalue weighted by Crippen LogP contribution is 2.23. The number of benzene rings is 3. The summed E-state index contributed by atoms with van der Waals surface area (Å²) in [6, 6.07) is 23.4. The maximum atomic E-state index is 13.4. The fourth-order valence-corrected chi connectivity index (χ4v) is 3.80. The van der Waals surface area contributed by atoms with Crippen molar-refractivity contribution in [1.82, 2.24) is 10.2 Å². The van der Waals surface area contributed by atoms with E-state index in [1.165, 1.54) is 6.26 Å². The maximum Gasteiger partial charge on any atom is 0.279 e. The average Bonchev–Trinajstić information content (AvgIpc) is 3.16. The number of hydrogen-bond donors (Lipinski definition) is 1. The Balaban J connectivity index is 1.72. The van der Waals surface area contributed by atoms with Crippen molar-refractivity contribution in [3.8, 4) is 0 Å². The number of aromatic amines is 1. The van der Waals surface area contributed by atoms with Crippen molar-refractivity contribution in [3.63, 3.8) is 0 Å². The Kier molecular flexibility index (Phi) is 4.90. The van der Waals surface area contributed by atoms with Crippen molar-refractivity contribution < 1.29 is 13.2 Å². The van der Waals surface area contributed by atoms with E-state index in [9.17, 15) is 13.2 Å². The zero-order chi connectivity index (χ0) is 20.4.